The Kier molecular flexibility index (Phi) is 6.08. The van der Waals surface area contributed by atoms with Crippen molar-refractivity contribution in [1.29, 1.82) is 0 Å². The number of imide groups is 1. The third kappa shape index (κ3) is 4.75. The fourth-order valence-corrected chi connectivity index (χ4v) is 5.39. The van der Waals surface area contributed by atoms with E-state index in [1.54, 1.807) is 17.4 Å². The number of benzene rings is 1. The van der Waals surface area contributed by atoms with E-state index in [1.165, 1.54) is 16.2 Å². The molecule has 29 heavy (non-hydrogen) atoms. The van der Waals surface area contributed by atoms with Gasteiger partial charge in [-0.1, -0.05) is 18.2 Å². The number of aryl methyl sites for hydroxylation is 1. The number of nitrogens with zero attached hydrogens (tertiary/aromatic N) is 2. The normalized spacial score (nSPS) is 15.6. The number of thiazole rings is 1. The highest BCUT2D eigenvalue weighted by Crippen LogP contribution is 2.32. The molecule has 2 aromatic heterocycles. The largest absolute Gasteiger partial charge is 0.354 e. The number of carbonyl (C=O) groups is 3. The lowest BCUT2D eigenvalue weighted by Crippen LogP contribution is -2.37. The van der Waals surface area contributed by atoms with Crippen LogP contribution in [0.2, 0.25) is 0 Å². The third-order valence-electron chi connectivity index (χ3n) is 4.25. The zero-order valence-corrected chi connectivity index (χ0v) is 17.7. The molecule has 9 heteroatoms. The Labute approximate surface area is 179 Å². The Morgan fingerprint density at radius 1 is 1.17 bits per heavy atom. The number of amides is 3. The van der Waals surface area contributed by atoms with Gasteiger partial charge in [-0.3, -0.25) is 19.3 Å². The summed E-state index contributed by atoms with van der Waals surface area (Å²) in [5.41, 5.74) is 0.947. The van der Waals surface area contributed by atoms with Gasteiger partial charge >= 0.3 is 0 Å². The summed E-state index contributed by atoms with van der Waals surface area (Å²) in [6, 6.07) is 11.7. The summed E-state index contributed by atoms with van der Waals surface area (Å²) in [7, 11) is 0. The van der Waals surface area contributed by atoms with Crippen LogP contribution in [0.1, 0.15) is 16.3 Å². The maximum Gasteiger partial charge on any atom is 0.293 e. The average Bonchev–Trinajstić information content (AvgIpc) is 3.42. The molecule has 0 spiro atoms. The van der Waals surface area contributed by atoms with Crippen molar-refractivity contribution in [2.24, 2.45) is 0 Å². The summed E-state index contributed by atoms with van der Waals surface area (Å²) in [4.78, 5) is 43.7. The molecule has 6 nitrogen and oxygen atoms in total. The molecule has 1 N–H and O–H groups in total. The highest BCUT2D eigenvalue weighted by atomic mass is 32.2. The standard InChI is InChI=1S/C20H17N3O3S3/c24-17(7-8-18-22-14-5-1-2-6-15(14)28-18)21-9-10-23-19(25)16(29-20(23)26)12-13-4-3-11-27-13/h1-6,11-12H,7-10H2,(H,21,24)/b16-12-. The fraction of sp³-hybridized carbons (Fsp3) is 0.200. The molecule has 3 aromatic rings. The molecule has 3 amide bonds. The minimum Gasteiger partial charge on any atom is -0.354 e. The molecule has 0 aliphatic carbocycles. The van der Waals surface area contributed by atoms with Crippen molar-refractivity contribution in [3.05, 3.63) is 56.6 Å². The number of carbonyl (C=O) groups excluding carboxylic acids is 3. The number of fused-ring (bicyclic) bond motifs is 1. The van der Waals surface area contributed by atoms with Gasteiger partial charge in [-0.25, -0.2) is 4.98 Å². The van der Waals surface area contributed by atoms with Crippen LogP contribution in [0.4, 0.5) is 4.79 Å². The maximum absolute atomic E-state index is 12.4. The van der Waals surface area contributed by atoms with Gasteiger partial charge in [0.1, 0.15) is 0 Å². The van der Waals surface area contributed by atoms with Crippen molar-refractivity contribution in [3.8, 4) is 0 Å². The molecular formula is C20H17N3O3S3. The Morgan fingerprint density at radius 3 is 2.83 bits per heavy atom. The number of thiophene rings is 1. The van der Waals surface area contributed by atoms with E-state index in [0.717, 1.165) is 31.9 Å². The van der Waals surface area contributed by atoms with Gasteiger partial charge in [0, 0.05) is 30.8 Å². The van der Waals surface area contributed by atoms with E-state index in [-0.39, 0.29) is 30.1 Å². The summed E-state index contributed by atoms with van der Waals surface area (Å²) in [5.74, 6) is -0.428. The second-order valence-corrected chi connectivity index (χ2v) is 9.36. The van der Waals surface area contributed by atoms with Gasteiger partial charge in [0.05, 0.1) is 20.1 Å². The molecule has 1 aliphatic rings. The fourth-order valence-electron chi connectivity index (χ4n) is 2.84. The lowest BCUT2D eigenvalue weighted by atomic mass is 10.3. The first-order valence-electron chi connectivity index (χ1n) is 9.00. The second-order valence-electron chi connectivity index (χ2n) is 6.27. The SMILES string of the molecule is O=C(CCc1nc2ccccc2s1)NCCN1C(=O)S/C(=C\c2cccs2)C1=O. The minimum atomic E-state index is -0.308. The zero-order chi connectivity index (χ0) is 20.2. The quantitative estimate of drug-likeness (QED) is 0.555. The molecule has 1 fully saturated rings. The Bertz CT molecular complexity index is 1060. The molecule has 0 saturated carbocycles. The van der Waals surface area contributed by atoms with Gasteiger partial charge in [-0.05, 0) is 41.4 Å². The molecule has 1 saturated heterocycles. The molecule has 1 aromatic carbocycles. The third-order valence-corrected chi connectivity index (χ3v) is 7.07. The number of thioether (sulfide) groups is 1. The van der Waals surface area contributed by atoms with Crippen LogP contribution >= 0.6 is 34.4 Å². The van der Waals surface area contributed by atoms with Gasteiger partial charge in [0.15, 0.2) is 0 Å². The topological polar surface area (TPSA) is 79.4 Å². The molecule has 4 rings (SSSR count). The molecule has 0 bridgehead atoms. The van der Waals surface area contributed by atoms with Gasteiger partial charge in [-0.2, -0.15) is 0 Å². The minimum absolute atomic E-state index is 0.120. The smallest absolute Gasteiger partial charge is 0.293 e. The van der Waals surface area contributed by atoms with Crippen molar-refractivity contribution < 1.29 is 14.4 Å². The van der Waals surface area contributed by atoms with E-state index in [2.05, 4.69) is 10.3 Å². The Morgan fingerprint density at radius 2 is 2.03 bits per heavy atom. The average molecular weight is 444 g/mol. The lowest BCUT2D eigenvalue weighted by molar-refractivity contribution is -0.124. The van der Waals surface area contributed by atoms with Gasteiger partial charge in [-0.15, -0.1) is 22.7 Å². The molecular weight excluding hydrogens is 426 g/mol. The predicted octanol–water partition coefficient (Wildman–Crippen LogP) is 4.14. The van der Waals surface area contributed by atoms with Crippen LogP contribution in [-0.2, 0) is 16.0 Å². The van der Waals surface area contributed by atoms with Crippen molar-refractivity contribution in [1.82, 2.24) is 15.2 Å². The van der Waals surface area contributed by atoms with E-state index in [9.17, 15) is 14.4 Å². The lowest BCUT2D eigenvalue weighted by Gasteiger charge is -2.12. The van der Waals surface area contributed by atoms with Crippen molar-refractivity contribution in [3.63, 3.8) is 0 Å². The number of hydrogen-bond donors (Lipinski definition) is 1. The first kappa shape index (κ1) is 19.8. The summed E-state index contributed by atoms with van der Waals surface area (Å²) in [5, 5.41) is 5.31. The van der Waals surface area contributed by atoms with Crippen LogP contribution in [0, 0.1) is 0 Å². The summed E-state index contributed by atoms with van der Waals surface area (Å²) in [6.07, 6.45) is 2.61. The molecule has 0 unspecified atom stereocenters. The van der Waals surface area contributed by atoms with Crippen LogP contribution in [0.25, 0.3) is 16.3 Å². The van der Waals surface area contributed by atoms with Crippen LogP contribution < -0.4 is 5.32 Å². The van der Waals surface area contributed by atoms with E-state index in [0.29, 0.717) is 17.7 Å². The maximum atomic E-state index is 12.4. The van der Waals surface area contributed by atoms with Gasteiger partial charge < -0.3 is 5.32 Å². The van der Waals surface area contributed by atoms with E-state index in [4.69, 9.17) is 0 Å². The molecule has 0 atom stereocenters. The number of aromatic nitrogens is 1. The first-order valence-corrected chi connectivity index (χ1v) is 11.5. The monoisotopic (exact) mass is 443 g/mol. The summed E-state index contributed by atoms with van der Waals surface area (Å²) >= 11 is 4.03. The number of rotatable bonds is 7. The molecule has 3 heterocycles. The highest BCUT2D eigenvalue weighted by Gasteiger charge is 2.34. The van der Waals surface area contributed by atoms with Gasteiger partial charge in [0.2, 0.25) is 5.91 Å². The van der Waals surface area contributed by atoms with Crippen molar-refractivity contribution >= 4 is 67.8 Å². The van der Waals surface area contributed by atoms with E-state index >= 15 is 0 Å². The Hall–Kier alpha value is -2.49. The van der Waals surface area contributed by atoms with Crippen LogP contribution in [0.5, 0.6) is 0 Å². The summed E-state index contributed by atoms with van der Waals surface area (Å²) in [6.45, 7) is 0.405. The number of para-hydroxylation sites is 1. The number of hydrogen-bond acceptors (Lipinski definition) is 7. The number of nitrogens with one attached hydrogen (secondary N) is 1. The van der Waals surface area contributed by atoms with Crippen molar-refractivity contribution in [2.75, 3.05) is 13.1 Å². The Balaban J connectivity index is 1.24. The molecule has 1 aliphatic heterocycles. The molecule has 148 valence electrons. The summed E-state index contributed by atoms with van der Waals surface area (Å²) < 4.78 is 1.11. The van der Waals surface area contributed by atoms with Crippen molar-refractivity contribution in [2.45, 2.75) is 12.8 Å². The highest BCUT2D eigenvalue weighted by molar-refractivity contribution is 8.18. The van der Waals surface area contributed by atoms with E-state index < -0.39 is 0 Å². The van der Waals surface area contributed by atoms with Crippen LogP contribution in [-0.4, -0.2) is 40.0 Å². The predicted molar refractivity (Wildman–Crippen MR) is 118 cm³/mol. The van der Waals surface area contributed by atoms with Crippen LogP contribution in [0.3, 0.4) is 0 Å². The zero-order valence-electron chi connectivity index (χ0n) is 15.3. The van der Waals surface area contributed by atoms with E-state index in [1.807, 2.05) is 41.8 Å². The first-order chi connectivity index (χ1) is 14.1. The van der Waals surface area contributed by atoms with Gasteiger partial charge in [0.25, 0.3) is 11.1 Å². The van der Waals surface area contributed by atoms with Crippen LogP contribution in [0.15, 0.2) is 46.7 Å². The molecule has 0 radical (unpaired) electrons. The second kappa shape index (κ2) is 8.89.